The Morgan fingerprint density at radius 1 is 1.31 bits per heavy atom. The van der Waals surface area contributed by atoms with Gasteiger partial charge in [-0.05, 0) is 30.5 Å². The Morgan fingerprint density at radius 3 is 2.69 bits per heavy atom. The smallest absolute Gasteiger partial charge is 0.198 e. The van der Waals surface area contributed by atoms with Gasteiger partial charge in [-0.1, -0.05) is 19.9 Å². The van der Waals surface area contributed by atoms with Gasteiger partial charge in [0.2, 0.25) is 0 Å². The van der Waals surface area contributed by atoms with E-state index < -0.39 is 0 Å². The van der Waals surface area contributed by atoms with E-state index in [1.165, 1.54) is 0 Å². The molecule has 2 rings (SSSR count). The molecule has 86 valence electrons. The minimum Gasteiger partial charge on any atom is -0.440 e. The predicted octanol–water partition coefficient (Wildman–Crippen LogP) is 3.19. The maximum absolute atomic E-state index is 5.76. The van der Waals surface area contributed by atoms with E-state index in [1.54, 1.807) is 0 Å². The van der Waals surface area contributed by atoms with Gasteiger partial charge in [0.1, 0.15) is 5.52 Å². The van der Waals surface area contributed by atoms with Gasteiger partial charge in [0.25, 0.3) is 0 Å². The van der Waals surface area contributed by atoms with Crippen LogP contribution in [0.2, 0.25) is 0 Å². The quantitative estimate of drug-likeness (QED) is 0.857. The molecule has 1 aromatic heterocycles. The van der Waals surface area contributed by atoms with Crippen LogP contribution in [0.3, 0.4) is 0 Å². The number of aromatic nitrogens is 1. The highest BCUT2D eigenvalue weighted by Crippen LogP contribution is 2.26. The SMILES string of the molecule is CCC(CC)c1nc2cc(CN)ccc2o1. The summed E-state index contributed by atoms with van der Waals surface area (Å²) in [5, 5.41) is 0. The van der Waals surface area contributed by atoms with Crippen molar-refractivity contribution in [2.24, 2.45) is 5.73 Å². The molecule has 0 radical (unpaired) electrons. The van der Waals surface area contributed by atoms with Crippen LogP contribution in [0.5, 0.6) is 0 Å². The third-order valence-electron chi connectivity index (χ3n) is 3.04. The highest BCUT2D eigenvalue weighted by Gasteiger charge is 2.14. The summed E-state index contributed by atoms with van der Waals surface area (Å²) < 4.78 is 5.76. The van der Waals surface area contributed by atoms with Crippen molar-refractivity contribution in [2.75, 3.05) is 0 Å². The molecule has 0 unspecified atom stereocenters. The van der Waals surface area contributed by atoms with Crippen LogP contribution in [0.25, 0.3) is 11.1 Å². The van der Waals surface area contributed by atoms with Crippen molar-refractivity contribution < 1.29 is 4.42 Å². The van der Waals surface area contributed by atoms with E-state index >= 15 is 0 Å². The summed E-state index contributed by atoms with van der Waals surface area (Å²) in [6.07, 6.45) is 2.13. The van der Waals surface area contributed by atoms with Crippen molar-refractivity contribution in [2.45, 2.75) is 39.2 Å². The summed E-state index contributed by atoms with van der Waals surface area (Å²) in [5.74, 6) is 1.28. The molecule has 0 fully saturated rings. The molecule has 3 heteroatoms. The Hall–Kier alpha value is -1.35. The fourth-order valence-corrected chi connectivity index (χ4v) is 1.93. The van der Waals surface area contributed by atoms with Crippen molar-refractivity contribution in [3.05, 3.63) is 29.7 Å². The van der Waals surface area contributed by atoms with Crippen LogP contribution in [-0.4, -0.2) is 4.98 Å². The molecule has 1 heterocycles. The van der Waals surface area contributed by atoms with Crippen molar-refractivity contribution in [1.29, 1.82) is 0 Å². The topological polar surface area (TPSA) is 52.0 Å². The first-order valence-electron chi connectivity index (χ1n) is 5.87. The van der Waals surface area contributed by atoms with Gasteiger partial charge in [0, 0.05) is 12.5 Å². The Labute approximate surface area is 95.7 Å². The van der Waals surface area contributed by atoms with E-state index in [2.05, 4.69) is 18.8 Å². The normalized spacial score (nSPS) is 11.5. The van der Waals surface area contributed by atoms with E-state index in [9.17, 15) is 0 Å². The Morgan fingerprint density at radius 2 is 2.06 bits per heavy atom. The molecule has 3 nitrogen and oxygen atoms in total. The zero-order chi connectivity index (χ0) is 11.5. The summed E-state index contributed by atoms with van der Waals surface area (Å²) in [6.45, 7) is 4.87. The van der Waals surface area contributed by atoms with Crippen LogP contribution in [0.4, 0.5) is 0 Å². The number of oxazole rings is 1. The second-order valence-corrected chi connectivity index (χ2v) is 4.07. The standard InChI is InChI=1S/C13H18N2O/c1-3-10(4-2)13-15-11-7-9(8-14)5-6-12(11)16-13/h5-7,10H,3-4,8,14H2,1-2H3. The molecule has 2 N–H and O–H groups in total. The number of benzene rings is 1. The summed E-state index contributed by atoms with van der Waals surface area (Å²) in [7, 11) is 0. The number of hydrogen-bond donors (Lipinski definition) is 1. The minimum absolute atomic E-state index is 0.425. The third-order valence-corrected chi connectivity index (χ3v) is 3.04. The van der Waals surface area contributed by atoms with Crippen molar-refractivity contribution in [3.8, 4) is 0 Å². The molecule has 0 bridgehead atoms. The summed E-state index contributed by atoms with van der Waals surface area (Å²) in [5.41, 5.74) is 8.48. The first kappa shape index (κ1) is 11.1. The molecule has 0 saturated heterocycles. The van der Waals surface area contributed by atoms with Crippen LogP contribution < -0.4 is 5.73 Å². The summed E-state index contributed by atoms with van der Waals surface area (Å²) in [4.78, 5) is 4.54. The lowest BCUT2D eigenvalue weighted by Crippen LogP contribution is -1.95. The van der Waals surface area contributed by atoms with Crippen LogP contribution in [0.1, 0.15) is 44.1 Å². The van der Waals surface area contributed by atoms with Gasteiger partial charge < -0.3 is 10.2 Å². The first-order valence-corrected chi connectivity index (χ1v) is 5.87. The monoisotopic (exact) mass is 218 g/mol. The van der Waals surface area contributed by atoms with Gasteiger partial charge in [-0.15, -0.1) is 0 Å². The third kappa shape index (κ3) is 1.95. The molecule has 0 amide bonds. The van der Waals surface area contributed by atoms with Crippen LogP contribution in [0.15, 0.2) is 22.6 Å². The molecule has 1 aromatic carbocycles. The van der Waals surface area contributed by atoms with E-state index in [4.69, 9.17) is 10.2 Å². The number of nitrogens with zero attached hydrogens (tertiary/aromatic N) is 1. The maximum atomic E-state index is 5.76. The van der Waals surface area contributed by atoms with Crippen LogP contribution in [0, 0.1) is 0 Å². The van der Waals surface area contributed by atoms with Crippen molar-refractivity contribution in [1.82, 2.24) is 4.98 Å². The van der Waals surface area contributed by atoms with Crippen LogP contribution >= 0.6 is 0 Å². The average molecular weight is 218 g/mol. The van der Waals surface area contributed by atoms with Gasteiger partial charge in [0.05, 0.1) is 0 Å². The highest BCUT2D eigenvalue weighted by atomic mass is 16.3. The van der Waals surface area contributed by atoms with Gasteiger partial charge >= 0.3 is 0 Å². The van der Waals surface area contributed by atoms with Gasteiger partial charge in [-0.2, -0.15) is 0 Å². The zero-order valence-corrected chi connectivity index (χ0v) is 9.86. The fourth-order valence-electron chi connectivity index (χ4n) is 1.93. The molecule has 0 atom stereocenters. The minimum atomic E-state index is 0.425. The van der Waals surface area contributed by atoms with Gasteiger partial charge in [-0.25, -0.2) is 4.98 Å². The molecular formula is C13H18N2O. The molecule has 0 spiro atoms. The van der Waals surface area contributed by atoms with Gasteiger partial charge in [-0.3, -0.25) is 0 Å². The Kier molecular flexibility index (Phi) is 3.25. The fraction of sp³-hybridized carbons (Fsp3) is 0.462. The number of nitrogens with two attached hydrogens (primary N) is 1. The lowest BCUT2D eigenvalue weighted by molar-refractivity contribution is 0.453. The maximum Gasteiger partial charge on any atom is 0.198 e. The molecule has 2 aromatic rings. The van der Waals surface area contributed by atoms with E-state index in [-0.39, 0.29) is 0 Å². The van der Waals surface area contributed by atoms with Crippen molar-refractivity contribution >= 4 is 11.1 Å². The number of fused-ring (bicyclic) bond motifs is 1. The largest absolute Gasteiger partial charge is 0.440 e. The lowest BCUT2D eigenvalue weighted by Gasteiger charge is -2.05. The summed E-state index contributed by atoms with van der Waals surface area (Å²) >= 11 is 0. The molecule has 0 aliphatic carbocycles. The first-order chi connectivity index (χ1) is 7.78. The average Bonchev–Trinajstić information content (AvgIpc) is 2.72. The van der Waals surface area contributed by atoms with Crippen LogP contribution in [-0.2, 0) is 6.54 Å². The molecule has 0 aliphatic heterocycles. The zero-order valence-electron chi connectivity index (χ0n) is 9.86. The molecular weight excluding hydrogens is 200 g/mol. The van der Waals surface area contributed by atoms with Crippen molar-refractivity contribution in [3.63, 3.8) is 0 Å². The lowest BCUT2D eigenvalue weighted by atomic mass is 10.0. The summed E-state index contributed by atoms with van der Waals surface area (Å²) in [6, 6.07) is 5.95. The second-order valence-electron chi connectivity index (χ2n) is 4.07. The molecule has 0 saturated carbocycles. The Balaban J connectivity index is 2.43. The van der Waals surface area contributed by atoms with E-state index in [1.807, 2.05) is 18.2 Å². The second kappa shape index (κ2) is 4.66. The molecule has 16 heavy (non-hydrogen) atoms. The molecule has 0 aliphatic rings. The number of hydrogen-bond acceptors (Lipinski definition) is 3. The highest BCUT2D eigenvalue weighted by molar-refractivity contribution is 5.73. The van der Waals surface area contributed by atoms with Gasteiger partial charge in [0.15, 0.2) is 11.5 Å². The Bertz CT molecular complexity index is 472. The predicted molar refractivity (Wildman–Crippen MR) is 65.2 cm³/mol. The van der Waals surface area contributed by atoms with E-state index in [0.717, 1.165) is 35.4 Å². The number of rotatable bonds is 4. The van der Waals surface area contributed by atoms with E-state index in [0.29, 0.717) is 12.5 Å².